The highest BCUT2D eigenvalue weighted by atomic mass is 31.2. The van der Waals surface area contributed by atoms with Gasteiger partial charge in [0.25, 0.3) is 0 Å². The van der Waals surface area contributed by atoms with E-state index in [9.17, 15) is 0 Å². The van der Waals surface area contributed by atoms with Crippen molar-refractivity contribution in [2.24, 2.45) is 0 Å². The standard InChI is InChI=1S/C34H26N2O2P/c1-3-13-25(14-4-1)33-31-27-17-9-7-11-23(27)19-21-29(31)37-39(35-33)36-34(26-15-5-2-6-16-26)32-28-18-10-8-12-24(28)20-22-30(32)38-39/h1-22,33-36H/q+1/t33-,34+,39?. The van der Waals surface area contributed by atoms with Crippen molar-refractivity contribution >= 4 is 29.6 Å². The number of rotatable bonds is 2. The number of benzene rings is 6. The molecule has 2 N–H and O–H groups in total. The van der Waals surface area contributed by atoms with Gasteiger partial charge in [-0.05, 0) is 44.8 Å². The highest BCUT2D eigenvalue weighted by molar-refractivity contribution is 7.63. The van der Waals surface area contributed by atoms with Gasteiger partial charge in [-0.25, -0.2) is 0 Å². The molecule has 2 aliphatic rings. The lowest BCUT2D eigenvalue weighted by molar-refractivity contribution is 0.373. The number of hydrogen-bond acceptors (Lipinski definition) is 4. The summed E-state index contributed by atoms with van der Waals surface area (Å²) in [6, 6.07) is 46.4. The molecular formula is C34H26N2O2P+. The van der Waals surface area contributed by atoms with Crippen LogP contribution in [0.1, 0.15) is 34.3 Å². The smallest absolute Gasteiger partial charge is 0.272 e. The van der Waals surface area contributed by atoms with Crippen LogP contribution < -0.4 is 19.2 Å². The molecule has 0 aliphatic carbocycles. The molecule has 0 saturated carbocycles. The Morgan fingerprint density at radius 2 is 0.846 bits per heavy atom. The van der Waals surface area contributed by atoms with Crippen LogP contribution in [0.4, 0.5) is 0 Å². The van der Waals surface area contributed by atoms with Crippen LogP contribution in [0.3, 0.4) is 0 Å². The maximum Gasteiger partial charge on any atom is 0.520 e. The predicted octanol–water partition coefficient (Wildman–Crippen LogP) is 8.51. The third-order valence-electron chi connectivity index (χ3n) is 7.76. The Balaban J connectivity index is 1.34. The molecule has 5 heteroatoms. The molecule has 0 saturated heterocycles. The molecule has 188 valence electrons. The van der Waals surface area contributed by atoms with Gasteiger partial charge in [0.1, 0.15) is 12.1 Å². The molecule has 0 aromatic heterocycles. The zero-order chi connectivity index (χ0) is 25.8. The van der Waals surface area contributed by atoms with Crippen LogP contribution in [-0.2, 0) is 0 Å². The summed E-state index contributed by atoms with van der Waals surface area (Å²) in [4.78, 5) is 0. The number of fused-ring (bicyclic) bond motifs is 6. The van der Waals surface area contributed by atoms with Gasteiger partial charge in [0.15, 0.2) is 11.5 Å². The summed E-state index contributed by atoms with van der Waals surface area (Å²) in [6.45, 7) is 0. The monoisotopic (exact) mass is 525 g/mol. The highest BCUT2D eigenvalue weighted by Gasteiger charge is 2.58. The Labute approximate surface area is 227 Å². The first-order valence-corrected chi connectivity index (χ1v) is 14.9. The van der Waals surface area contributed by atoms with Crippen LogP contribution in [0, 0.1) is 0 Å². The molecule has 1 unspecified atom stereocenters. The van der Waals surface area contributed by atoms with Gasteiger partial charge in [-0.3, -0.25) is 9.05 Å². The molecular weight excluding hydrogens is 499 g/mol. The Morgan fingerprint density at radius 1 is 0.436 bits per heavy atom. The summed E-state index contributed by atoms with van der Waals surface area (Å²) >= 11 is 0. The molecule has 39 heavy (non-hydrogen) atoms. The number of hydrogen-bond donors (Lipinski definition) is 2. The van der Waals surface area contributed by atoms with Crippen LogP contribution in [0.25, 0.3) is 21.5 Å². The normalized spacial score (nSPS) is 21.6. The second-order valence-corrected chi connectivity index (χ2v) is 12.1. The minimum absolute atomic E-state index is 0.111. The van der Waals surface area contributed by atoms with Crippen LogP contribution in [-0.4, -0.2) is 0 Å². The van der Waals surface area contributed by atoms with Gasteiger partial charge in [-0.1, -0.05) is 132 Å². The quantitative estimate of drug-likeness (QED) is 0.222. The fraction of sp³-hybridized carbons (Fsp3) is 0.0588. The molecule has 0 radical (unpaired) electrons. The van der Waals surface area contributed by atoms with E-state index in [-0.39, 0.29) is 12.1 Å². The lowest BCUT2D eigenvalue weighted by atomic mass is 9.93. The molecule has 3 atom stereocenters. The van der Waals surface area contributed by atoms with Gasteiger partial charge in [-0.15, -0.1) is 0 Å². The first-order valence-electron chi connectivity index (χ1n) is 13.3. The van der Waals surface area contributed by atoms with E-state index in [0.717, 1.165) is 22.6 Å². The summed E-state index contributed by atoms with van der Waals surface area (Å²) in [5.74, 6) is 1.69. The molecule has 0 fully saturated rings. The fourth-order valence-corrected chi connectivity index (χ4v) is 8.42. The van der Waals surface area contributed by atoms with Gasteiger partial charge in [0.05, 0.1) is 0 Å². The van der Waals surface area contributed by atoms with E-state index in [1.165, 1.54) is 32.7 Å². The minimum Gasteiger partial charge on any atom is -0.272 e. The van der Waals surface area contributed by atoms with Crippen LogP contribution in [0.15, 0.2) is 133 Å². The van der Waals surface area contributed by atoms with Crippen molar-refractivity contribution in [1.82, 2.24) is 10.2 Å². The van der Waals surface area contributed by atoms with Crippen molar-refractivity contribution in [3.8, 4) is 11.5 Å². The summed E-state index contributed by atoms with van der Waals surface area (Å²) in [6.07, 6.45) is 0. The Hall–Kier alpha value is -4.21. The molecule has 6 aromatic carbocycles. The van der Waals surface area contributed by atoms with Crippen LogP contribution in [0.2, 0.25) is 0 Å². The minimum atomic E-state index is -2.85. The molecule has 2 heterocycles. The second kappa shape index (κ2) is 8.93. The molecule has 1 spiro atoms. The summed E-state index contributed by atoms with van der Waals surface area (Å²) < 4.78 is 13.8. The Bertz CT molecular complexity index is 1700. The largest absolute Gasteiger partial charge is 0.520 e. The van der Waals surface area contributed by atoms with Crippen molar-refractivity contribution in [3.63, 3.8) is 0 Å². The first kappa shape index (κ1) is 22.7. The average Bonchev–Trinajstić information content (AvgIpc) is 3.00. The maximum absolute atomic E-state index is 6.91. The third-order valence-corrected chi connectivity index (χ3v) is 9.86. The van der Waals surface area contributed by atoms with Gasteiger partial charge in [0.2, 0.25) is 0 Å². The van der Waals surface area contributed by atoms with E-state index in [2.05, 4.69) is 144 Å². The topological polar surface area (TPSA) is 42.5 Å². The Kier molecular flexibility index (Phi) is 5.21. The Morgan fingerprint density at radius 3 is 1.31 bits per heavy atom. The summed E-state index contributed by atoms with van der Waals surface area (Å²) in [5, 5.41) is 12.5. The van der Waals surface area contributed by atoms with Crippen LogP contribution in [0.5, 0.6) is 11.5 Å². The molecule has 0 amide bonds. The molecule has 4 nitrogen and oxygen atoms in total. The zero-order valence-electron chi connectivity index (χ0n) is 21.1. The van der Waals surface area contributed by atoms with Gasteiger partial charge in [-0.2, -0.15) is 0 Å². The highest BCUT2D eigenvalue weighted by Crippen LogP contribution is 2.65. The van der Waals surface area contributed by atoms with Gasteiger partial charge in [0, 0.05) is 11.1 Å². The van der Waals surface area contributed by atoms with Crippen molar-refractivity contribution < 1.29 is 9.05 Å². The zero-order valence-corrected chi connectivity index (χ0v) is 22.0. The molecule has 8 rings (SSSR count). The van der Waals surface area contributed by atoms with Crippen molar-refractivity contribution in [2.45, 2.75) is 12.1 Å². The van der Waals surface area contributed by atoms with Crippen molar-refractivity contribution in [3.05, 3.63) is 156 Å². The van der Waals surface area contributed by atoms with E-state index >= 15 is 0 Å². The summed E-state index contributed by atoms with van der Waals surface area (Å²) in [7, 11) is -2.85. The van der Waals surface area contributed by atoms with Crippen molar-refractivity contribution in [1.29, 1.82) is 0 Å². The van der Waals surface area contributed by atoms with Crippen molar-refractivity contribution in [2.75, 3.05) is 0 Å². The maximum atomic E-state index is 6.91. The molecule has 2 aliphatic heterocycles. The predicted molar refractivity (Wildman–Crippen MR) is 159 cm³/mol. The number of nitrogens with one attached hydrogen (secondary N) is 2. The summed E-state index contributed by atoms with van der Waals surface area (Å²) in [5.41, 5.74) is 4.61. The van der Waals surface area contributed by atoms with E-state index in [1.54, 1.807) is 0 Å². The molecule has 0 bridgehead atoms. The lowest BCUT2D eigenvalue weighted by Crippen LogP contribution is -2.45. The fourth-order valence-electron chi connectivity index (χ4n) is 5.99. The first-order chi connectivity index (χ1) is 19.3. The second-order valence-electron chi connectivity index (χ2n) is 10.1. The van der Waals surface area contributed by atoms with E-state index in [0.29, 0.717) is 0 Å². The lowest BCUT2D eigenvalue weighted by Gasteiger charge is -2.39. The average molecular weight is 526 g/mol. The van der Waals surface area contributed by atoms with Gasteiger partial charge >= 0.3 is 8.02 Å². The van der Waals surface area contributed by atoms with E-state index in [1.807, 2.05) is 0 Å². The van der Waals surface area contributed by atoms with Crippen LogP contribution >= 0.6 is 8.02 Å². The molecule has 6 aromatic rings. The SMILES string of the molecule is c1ccc([C@H]2N[P+]3(N[C@@H](c4ccccc4)c4c(ccc5ccccc45)O3)Oc3ccc4ccccc4c32)cc1. The van der Waals surface area contributed by atoms with E-state index in [4.69, 9.17) is 9.05 Å². The van der Waals surface area contributed by atoms with E-state index < -0.39 is 8.02 Å². The third kappa shape index (κ3) is 3.72. The van der Waals surface area contributed by atoms with Gasteiger partial charge < -0.3 is 0 Å².